The Morgan fingerprint density at radius 3 is 2.51 bits per heavy atom. The van der Waals surface area contributed by atoms with Gasteiger partial charge >= 0.3 is 12.1 Å². The van der Waals surface area contributed by atoms with Crippen molar-refractivity contribution < 1.29 is 29.0 Å². The first kappa shape index (κ1) is 31.3. The molecule has 1 aromatic heterocycles. The number of carbonyl (C=O) groups is 4. The number of para-hydroxylation sites is 1. The molecule has 3 aromatic rings. The molecule has 0 unspecified atom stereocenters. The number of rotatable bonds is 12. The van der Waals surface area contributed by atoms with E-state index in [0.29, 0.717) is 6.42 Å². The lowest BCUT2D eigenvalue weighted by Gasteiger charge is -2.34. The van der Waals surface area contributed by atoms with E-state index in [4.69, 9.17) is 9.84 Å². The van der Waals surface area contributed by atoms with Gasteiger partial charge in [-0.1, -0.05) is 61.9 Å². The van der Waals surface area contributed by atoms with Gasteiger partial charge in [0.05, 0.1) is 6.04 Å². The molecule has 3 amide bonds. The van der Waals surface area contributed by atoms with Crippen LogP contribution in [0.2, 0.25) is 0 Å². The van der Waals surface area contributed by atoms with Crippen molar-refractivity contribution in [1.29, 1.82) is 0 Å². The van der Waals surface area contributed by atoms with E-state index < -0.39 is 35.5 Å². The Balaban J connectivity index is 1.56. The number of aromatic amines is 1. The maximum Gasteiger partial charge on any atom is 0.408 e. The van der Waals surface area contributed by atoms with E-state index in [1.54, 1.807) is 6.92 Å². The van der Waals surface area contributed by atoms with Crippen molar-refractivity contribution in [1.82, 2.24) is 20.9 Å². The van der Waals surface area contributed by atoms with Gasteiger partial charge in [0.2, 0.25) is 11.8 Å². The zero-order valence-corrected chi connectivity index (χ0v) is 24.6. The Hall–Kier alpha value is -4.60. The molecule has 43 heavy (non-hydrogen) atoms. The molecule has 0 saturated heterocycles. The molecule has 1 fully saturated rings. The van der Waals surface area contributed by atoms with E-state index in [1.807, 2.05) is 60.8 Å². The minimum atomic E-state index is -1.40. The average Bonchev–Trinajstić information content (AvgIpc) is 3.38. The van der Waals surface area contributed by atoms with Gasteiger partial charge in [-0.25, -0.2) is 9.59 Å². The van der Waals surface area contributed by atoms with Crippen LogP contribution in [0.25, 0.3) is 10.9 Å². The van der Waals surface area contributed by atoms with Crippen LogP contribution in [0.4, 0.5) is 4.79 Å². The maximum atomic E-state index is 14.1. The van der Waals surface area contributed by atoms with Crippen LogP contribution in [0.15, 0.2) is 72.9 Å². The van der Waals surface area contributed by atoms with Gasteiger partial charge in [0, 0.05) is 42.2 Å². The van der Waals surface area contributed by atoms with Crippen molar-refractivity contribution in [2.24, 2.45) is 5.92 Å². The summed E-state index contributed by atoms with van der Waals surface area (Å²) in [4.78, 5) is 53.6. The van der Waals surface area contributed by atoms with Gasteiger partial charge in [-0.2, -0.15) is 0 Å². The minimum Gasteiger partial charge on any atom is -0.478 e. The summed E-state index contributed by atoms with van der Waals surface area (Å²) in [5, 5.41) is 18.3. The van der Waals surface area contributed by atoms with Crippen LogP contribution >= 0.6 is 0 Å². The number of ether oxygens (including phenoxy) is 1. The molecule has 4 rings (SSSR count). The standard InChI is InChI=1S/C33H40N4O6/c1-22-10-6-9-15-28(22)43-32(42)37-33(2,19-24-20-34-27-14-8-7-13-26(24)27)31(41)36-25(18-23-11-4-3-5-12-23)21-35-29(38)16-17-30(39)40/h3-5,7-8,11-14,16-17,20,22,25,28,34H,6,9-10,15,18-19,21H2,1-2H3,(H,35,38)(H,36,41)(H,37,42)(H,39,40)/b17-16+/t22-,25+,28-,33-/m1/s1. The number of benzene rings is 2. The number of hydrogen-bond acceptors (Lipinski definition) is 5. The largest absolute Gasteiger partial charge is 0.478 e. The summed E-state index contributed by atoms with van der Waals surface area (Å²) in [5.74, 6) is -2.04. The van der Waals surface area contributed by atoms with Crippen molar-refractivity contribution in [2.45, 2.75) is 70.1 Å². The van der Waals surface area contributed by atoms with E-state index in [-0.39, 0.29) is 25.0 Å². The van der Waals surface area contributed by atoms with Gasteiger partial charge in [-0.15, -0.1) is 0 Å². The fraction of sp³-hybridized carbons (Fsp3) is 0.394. The van der Waals surface area contributed by atoms with Crippen LogP contribution in [0.3, 0.4) is 0 Å². The number of fused-ring (bicyclic) bond motifs is 1. The Morgan fingerprint density at radius 1 is 1.05 bits per heavy atom. The zero-order valence-electron chi connectivity index (χ0n) is 24.6. The molecule has 228 valence electrons. The lowest BCUT2D eigenvalue weighted by Crippen LogP contribution is -2.61. The second-order valence-electron chi connectivity index (χ2n) is 11.5. The predicted octanol–water partition coefficient (Wildman–Crippen LogP) is 4.26. The van der Waals surface area contributed by atoms with Crippen LogP contribution in [-0.4, -0.2) is 58.2 Å². The first-order chi connectivity index (χ1) is 20.6. The molecule has 1 aliphatic rings. The third kappa shape index (κ3) is 8.94. The number of carbonyl (C=O) groups excluding carboxylic acids is 3. The molecule has 5 N–H and O–H groups in total. The molecule has 0 radical (unpaired) electrons. The van der Waals surface area contributed by atoms with Gasteiger partial charge in [-0.05, 0) is 55.7 Å². The summed E-state index contributed by atoms with van der Waals surface area (Å²) in [7, 11) is 0. The number of carboxylic acid groups (broad SMARTS) is 1. The molecule has 4 atom stereocenters. The third-order valence-electron chi connectivity index (χ3n) is 7.95. The molecule has 0 aliphatic heterocycles. The number of amides is 3. The van der Waals surface area contributed by atoms with Crippen LogP contribution in [0.1, 0.15) is 50.7 Å². The molecule has 0 spiro atoms. The number of aliphatic carboxylic acids is 1. The normalized spacial score (nSPS) is 18.8. The number of H-pyrrole nitrogens is 1. The summed E-state index contributed by atoms with van der Waals surface area (Å²) in [6, 6.07) is 16.7. The Labute approximate surface area is 251 Å². The van der Waals surface area contributed by atoms with Gasteiger partial charge in [0.1, 0.15) is 11.6 Å². The predicted molar refractivity (Wildman–Crippen MR) is 163 cm³/mol. The lowest BCUT2D eigenvalue weighted by molar-refractivity contribution is -0.131. The number of hydrogen-bond donors (Lipinski definition) is 5. The average molecular weight is 589 g/mol. The molecular weight excluding hydrogens is 548 g/mol. The van der Waals surface area contributed by atoms with Crippen LogP contribution in [0, 0.1) is 5.92 Å². The van der Waals surface area contributed by atoms with Crippen LogP contribution in [0.5, 0.6) is 0 Å². The zero-order chi connectivity index (χ0) is 30.8. The number of aromatic nitrogens is 1. The molecule has 1 heterocycles. The molecular formula is C33H40N4O6. The number of carboxylic acids is 1. The molecule has 2 aromatic carbocycles. The highest BCUT2D eigenvalue weighted by molar-refractivity contribution is 5.94. The topological polar surface area (TPSA) is 150 Å². The summed E-state index contributed by atoms with van der Waals surface area (Å²) >= 11 is 0. The van der Waals surface area contributed by atoms with E-state index in [0.717, 1.165) is 59.9 Å². The summed E-state index contributed by atoms with van der Waals surface area (Å²) in [6.45, 7) is 3.78. The monoisotopic (exact) mass is 588 g/mol. The summed E-state index contributed by atoms with van der Waals surface area (Å²) in [5.41, 5.74) is 1.30. The second kappa shape index (κ2) is 14.5. The molecule has 1 saturated carbocycles. The van der Waals surface area contributed by atoms with Crippen molar-refractivity contribution in [3.05, 3.63) is 84.1 Å². The van der Waals surface area contributed by atoms with E-state index >= 15 is 0 Å². The van der Waals surface area contributed by atoms with Crippen LogP contribution in [-0.2, 0) is 32.0 Å². The second-order valence-corrected chi connectivity index (χ2v) is 11.5. The first-order valence-corrected chi connectivity index (χ1v) is 14.7. The summed E-state index contributed by atoms with van der Waals surface area (Å²) < 4.78 is 5.83. The number of alkyl carbamates (subject to hydrolysis) is 1. The van der Waals surface area contributed by atoms with Gasteiger partial charge in [0.15, 0.2) is 0 Å². The van der Waals surface area contributed by atoms with Crippen molar-refractivity contribution >= 4 is 34.8 Å². The fourth-order valence-corrected chi connectivity index (χ4v) is 5.54. The highest BCUT2D eigenvalue weighted by Crippen LogP contribution is 2.27. The first-order valence-electron chi connectivity index (χ1n) is 14.7. The lowest BCUT2D eigenvalue weighted by atomic mass is 9.88. The Morgan fingerprint density at radius 2 is 1.77 bits per heavy atom. The molecule has 10 heteroatoms. The summed E-state index contributed by atoms with van der Waals surface area (Å²) in [6.07, 6.45) is 7.09. The Bertz CT molecular complexity index is 1450. The van der Waals surface area contributed by atoms with E-state index in [1.165, 1.54) is 0 Å². The van der Waals surface area contributed by atoms with Crippen molar-refractivity contribution in [3.8, 4) is 0 Å². The van der Waals surface area contributed by atoms with E-state index in [9.17, 15) is 19.2 Å². The quantitative estimate of drug-likeness (QED) is 0.200. The van der Waals surface area contributed by atoms with Gasteiger partial charge in [0.25, 0.3) is 0 Å². The molecule has 10 nitrogen and oxygen atoms in total. The number of nitrogens with one attached hydrogen (secondary N) is 4. The molecule has 0 bridgehead atoms. The molecule has 1 aliphatic carbocycles. The van der Waals surface area contributed by atoms with Gasteiger partial charge in [-0.3, -0.25) is 9.59 Å². The third-order valence-corrected chi connectivity index (χ3v) is 7.95. The minimum absolute atomic E-state index is 0.0383. The van der Waals surface area contributed by atoms with Crippen molar-refractivity contribution in [3.63, 3.8) is 0 Å². The van der Waals surface area contributed by atoms with Crippen LogP contribution < -0.4 is 16.0 Å². The van der Waals surface area contributed by atoms with Gasteiger partial charge < -0.3 is 30.8 Å². The SMILES string of the molecule is C[C@@H]1CCCC[C@H]1OC(=O)N[C@](C)(Cc1c[nH]c2ccccc12)C(=O)N[C@H](CNC(=O)/C=C/C(=O)O)Cc1ccccc1. The maximum absolute atomic E-state index is 14.1. The Kier molecular flexibility index (Phi) is 10.6. The fourth-order valence-electron chi connectivity index (χ4n) is 5.54. The smallest absolute Gasteiger partial charge is 0.408 e. The highest BCUT2D eigenvalue weighted by atomic mass is 16.6. The highest BCUT2D eigenvalue weighted by Gasteiger charge is 2.38. The van der Waals surface area contributed by atoms with E-state index in [2.05, 4.69) is 27.9 Å². The van der Waals surface area contributed by atoms with Crippen molar-refractivity contribution in [2.75, 3.05) is 6.54 Å².